The molecule has 146 valence electrons. The Morgan fingerprint density at radius 3 is 2.33 bits per heavy atom. The zero-order chi connectivity index (χ0) is 20.2. The van der Waals surface area contributed by atoms with Crippen molar-refractivity contribution in [2.24, 2.45) is 0 Å². The maximum absolute atomic E-state index is 12.5. The van der Waals surface area contributed by atoms with Crippen molar-refractivity contribution >= 4 is 23.8 Å². The number of carbonyl (C=O) groups excluding carboxylic acids is 4. The number of methoxy groups -OCH3 is 1. The lowest BCUT2D eigenvalue weighted by molar-refractivity contribution is -0.146. The molecule has 0 saturated carbocycles. The summed E-state index contributed by atoms with van der Waals surface area (Å²) in [4.78, 5) is 47.7. The number of carbonyl (C=O) groups is 4. The van der Waals surface area contributed by atoms with Crippen molar-refractivity contribution in [1.82, 2.24) is 10.6 Å². The number of esters is 2. The third kappa shape index (κ3) is 8.17. The molecule has 0 spiro atoms. The van der Waals surface area contributed by atoms with Gasteiger partial charge in [-0.1, -0.05) is 43.0 Å². The Kier molecular flexibility index (Phi) is 9.28. The quantitative estimate of drug-likeness (QED) is 0.455. The van der Waals surface area contributed by atoms with Crippen LogP contribution in [0.4, 0.5) is 0 Å². The Morgan fingerprint density at radius 1 is 1.11 bits per heavy atom. The van der Waals surface area contributed by atoms with Crippen LogP contribution in [0, 0.1) is 0 Å². The van der Waals surface area contributed by atoms with E-state index in [4.69, 9.17) is 9.47 Å². The van der Waals surface area contributed by atoms with E-state index in [1.54, 1.807) is 24.3 Å². The highest BCUT2D eigenvalue weighted by Gasteiger charge is 2.29. The Balaban J connectivity index is 2.85. The highest BCUT2D eigenvalue weighted by Crippen LogP contribution is 2.06. The van der Waals surface area contributed by atoms with Gasteiger partial charge in [-0.15, -0.1) is 0 Å². The van der Waals surface area contributed by atoms with Crippen LogP contribution in [-0.2, 0) is 35.1 Å². The summed E-state index contributed by atoms with van der Waals surface area (Å²) < 4.78 is 9.58. The molecule has 0 aliphatic heterocycles. The number of ether oxygens (including phenoxy) is 2. The summed E-state index contributed by atoms with van der Waals surface area (Å²) in [5, 5.41) is 4.91. The molecule has 0 aliphatic rings. The number of hydrogen-bond acceptors (Lipinski definition) is 6. The SMILES string of the molecule is C=CCOC(=O)CC(NC(C)=O)C(=O)NC(Cc1ccccc1)C(=O)OC. The first-order valence-corrected chi connectivity index (χ1v) is 8.33. The normalized spacial score (nSPS) is 12.2. The van der Waals surface area contributed by atoms with Crippen LogP contribution in [0.5, 0.6) is 0 Å². The Bertz CT molecular complexity index is 674. The smallest absolute Gasteiger partial charge is 0.328 e. The van der Waals surface area contributed by atoms with Gasteiger partial charge < -0.3 is 20.1 Å². The molecule has 1 aromatic rings. The summed E-state index contributed by atoms with van der Waals surface area (Å²) in [5.74, 6) is -2.50. The summed E-state index contributed by atoms with van der Waals surface area (Å²) in [6.07, 6.45) is 1.21. The van der Waals surface area contributed by atoms with Crippen molar-refractivity contribution in [3.63, 3.8) is 0 Å². The van der Waals surface area contributed by atoms with Crippen molar-refractivity contribution in [3.8, 4) is 0 Å². The summed E-state index contributed by atoms with van der Waals surface area (Å²) in [5.41, 5.74) is 0.815. The van der Waals surface area contributed by atoms with Gasteiger partial charge in [-0.3, -0.25) is 14.4 Å². The van der Waals surface area contributed by atoms with E-state index < -0.39 is 35.8 Å². The Morgan fingerprint density at radius 2 is 1.78 bits per heavy atom. The molecule has 0 heterocycles. The number of rotatable bonds is 10. The van der Waals surface area contributed by atoms with Gasteiger partial charge in [0.1, 0.15) is 18.7 Å². The molecule has 0 aliphatic carbocycles. The fraction of sp³-hybridized carbons (Fsp3) is 0.368. The lowest BCUT2D eigenvalue weighted by Crippen LogP contribution is -2.52. The van der Waals surface area contributed by atoms with Gasteiger partial charge in [0.15, 0.2) is 0 Å². The number of benzene rings is 1. The number of hydrogen-bond donors (Lipinski definition) is 2. The van der Waals surface area contributed by atoms with Crippen LogP contribution < -0.4 is 10.6 Å². The molecular formula is C19H24N2O6. The lowest BCUT2D eigenvalue weighted by atomic mass is 10.1. The van der Waals surface area contributed by atoms with Gasteiger partial charge in [-0.25, -0.2) is 4.79 Å². The average molecular weight is 376 g/mol. The van der Waals surface area contributed by atoms with E-state index in [0.29, 0.717) is 0 Å². The second kappa shape index (κ2) is 11.5. The average Bonchev–Trinajstić information content (AvgIpc) is 2.65. The molecule has 0 bridgehead atoms. The molecule has 2 unspecified atom stereocenters. The molecule has 8 nitrogen and oxygen atoms in total. The molecule has 2 amide bonds. The number of amides is 2. The molecule has 2 atom stereocenters. The first kappa shape index (κ1) is 21.9. The van der Waals surface area contributed by atoms with Gasteiger partial charge in [0.25, 0.3) is 0 Å². The van der Waals surface area contributed by atoms with Crippen LogP contribution in [-0.4, -0.2) is 49.6 Å². The summed E-state index contributed by atoms with van der Waals surface area (Å²) >= 11 is 0. The maximum Gasteiger partial charge on any atom is 0.328 e. The van der Waals surface area contributed by atoms with E-state index in [-0.39, 0.29) is 19.4 Å². The van der Waals surface area contributed by atoms with E-state index in [9.17, 15) is 19.2 Å². The van der Waals surface area contributed by atoms with Gasteiger partial charge in [0.05, 0.1) is 13.5 Å². The minimum atomic E-state index is -1.18. The van der Waals surface area contributed by atoms with Gasteiger partial charge in [-0.2, -0.15) is 0 Å². The molecule has 27 heavy (non-hydrogen) atoms. The number of nitrogens with one attached hydrogen (secondary N) is 2. The fourth-order valence-corrected chi connectivity index (χ4v) is 2.29. The van der Waals surface area contributed by atoms with Crippen molar-refractivity contribution in [1.29, 1.82) is 0 Å². The predicted molar refractivity (Wildman–Crippen MR) is 97.5 cm³/mol. The van der Waals surface area contributed by atoms with Crippen LogP contribution >= 0.6 is 0 Å². The standard InChI is InChI=1S/C19H24N2O6/c1-4-10-27-17(23)12-15(20-13(2)22)18(24)21-16(19(25)26-3)11-14-8-6-5-7-9-14/h4-9,15-16H,1,10-12H2,2-3H3,(H,20,22)(H,21,24). The summed E-state index contributed by atoms with van der Waals surface area (Å²) in [6.45, 7) is 4.64. The maximum atomic E-state index is 12.5. The van der Waals surface area contributed by atoms with Crippen molar-refractivity contribution in [3.05, 3.63) is 48.6 Å². The highest BCUT2D eigenvalue weighted by molar-refractivity contribution is 5.93. The predicted octanol–water partition coefficient (Wildman–Crippen LogP) is 0.511. The molecule has 1 aromatic carbocycles. The van der Waals surface area contributed by atoms with Gasteiger partial charge in [0, 0.05) is 13.3 Å². The van der Waals surface area contributed by atoms with E-state index in [2.05, 4.69) is 17.2 Å². The zero-order valence-electron chi connectivity index (χ0n) is 15.4. The van der Waals surface area contributed by atoms with Crippen molar-refractivity contribution in [2.45, 2.75) is 31.8 Å². The first-order valence-electron chi connectivity index (χ1n) is 8.33. The third-order valence-electron chi connectivity index (χ3n) is 3.51. The minimum absolute atomic E-state index is 0.00790. The van der Waals surface area contributed by atoms with E-state index >= 15 is 0 Å². The topological polar surface area (TPSA) is 111 Å². The Labute approximate surface area is 157 Å². The summed E-state index contributed by atoms with van der Waals surface area (Å²) in [7, 11) is 1.21. The van der Waals surface area contributed by atoms with Crippen LogP contribution in [0.1, 0.15) is 18.9 Å². The van der Waals surface area contributed by atoms with Crippen LogP contribution in [0.3, 0.4) is 0 Å². The molecule has 0 saturated heterocycles. The molecule has 0 aromatic heterocycles. The van der Waals surface area contributed by atoms with Crippen LogP contribution in [0.2, 0.25) is 0 Å². The largest absolute Gasteiger partial charge is 0.467 e. The Hall–Kier alpha value is -3.16. The first-order chi connectivity index (χ1) is 12.9. The highest BCUT2D eigenvalue weighted by atomic mass is 16.5. The van der Waals surface area contributed by atoms with E-state index in [0.717, 1.165) is 5.56 Å². The lowest BCUT2D eigenvalue weighted by Gasteiger charge is -2.21. The van der Waals surface area contributed by atoms with Crippen molar-refractivity contribution in [2.75, 3.05) is 13.7 Å². The molecule has 0 fully saturated rings. The molecular weight excluding hydrogens is 352 g/mol. The fourth-order valence-electron chi connectivity index (χ4n) is 2.29. The van der Waals surface area contributed by atoms with Gasteiger partial charge in [-0.05, 0) is 5.56 Å². The van der Waals surface area contributed by atoms with Gasteiger partial charge in [0.2, 0.25) is 11.8 Å². The van der Waals surface area contributed by atoms with Crippen LogP contribution in [0.25, 0.3) is 0 Å². The van der Waals surface area contributed by atoms with Gasteiger partial charge >= 0.3 is 11.9 Å². The molecule has 1 rings (SSSR count). The monoisotopic (exact) mass is 376 g/mol. The molecule has 8 heteroatoms. The molecule has 0 radical (unpaired) electrons. The second-order valence-corrected chi connectivity index (χ2v) is 5.70. The second-order valence-electron chi connectivity index (χ2n) is 5.70. The summed E-state index contributed by atoms with van der Waals surface area (Å²) in [6, 6.07) is 6.91. The van der Waals surface area contributed by atoms with Crippen LogP contribution in [0.15, 0.2) is 43.0 Å². The third-order valence-corrected chi connectivity index (χ3v) is 3.51. The van der Waals surface area contributed by atoms with E-state index in [1.165, 1.54) is 20.1 Å². The minimum Gasteiger partial charge on any atom is -0.467 e. The van der Waals surface area contributed by atoms with E-state index in [1.807, 2.05) is 6.07 Å². The van der Waals surface area contributed by atoms with Crippen molar-refractivity contribution < 1.29 is 28.7 Å². The molecule has 2 N–H and O–H groups in total. The zero-order valence-corrected chi connectivity index (χ0v) is 15.4.